The molecule has 0 saturated carbocycles. The second-order valence-corrected chi connectivity index (χ2v) is 3.61. The minimum atomic E-state index is -0.385. The van der Waals surface area contributed by atoms with Crippen molar-refractivity contribution in [3.05, 3.63) is 47.0 Å². The molecule has 82 valence electrons. The van der Waals surface area contributed by atoms with Gasteiger partial charge < -0.3 is 5.73 Å². The van der Waals surface area contributed by atoms with Crippen LogP contribution in [0.2, 0.25) is 5.02 Å². The summed E-state index contributed by atoms with van der Waals surface area (Å²) in [6, 6.07) is 5.82. The monoisotopic (exact) mass is 237 g/mol. The lowest BCUT2D eigenvalue weighted by Gasteiger charge is -2.04. The third-order valence-corrected chi connectivity index (χ3v) is 2.41. The van der Waals surface area contributed by atoms with Gasteiger partial charge in [-0.25, -0.2) is 14.4 Å². The summed E-state index contributed by atoms with van der Waals surface area (Å²) in [6.07, 6.45) is 1.60. The van der Waals surface area contributed by atoms with Crippen LogP contribution in [-0.4, -0.2) is 9.97 Å². The summed E-state index contributed by atoms with van der Waals surface area (Å²) in [5.41, 5.74) is 6.78. The van der Waals surface area contributed by atoms with Crippen molar-refractivity contribution in [2.24, 2.45) is 5.73 Å². The molecule has 0 bridgehead atoms. The van der Waals surface area contributed by atoms with E-state index in [1.165, 1.54) is 12.1 Å². The third-order valence-electron chi connectivity index (χ3n) is 2.09. The quantitative estimate of drug-likeness (QED) is 0.873. The maximum Gasteiger partial charge on any atom is 0.160 e. The van der Waals surface area contributed by atoms with Gasteiger partial charge in [0.15, 0.2) is 5.82 Å². The lowest BCUT2D eigenvalue weighted by Crippen LogP contribution is -2.01. The van der Waals surface area contributed by atoms with Crippen molar-refractivity contribution in [1.29, 1.82) is 0 Å². The molecule has 2 aromatic rings. The second-order valence-electron chi connectivity index (χ2n) is 3.20. The Balaban J connectivity index is 2.49. The zero-order valence-corrected chi connectivity index (χ0v) is 9.08. The largest absolute Gasteiger partial charge is 0.325 e. The summed E-state index contributed by atoms with van der Waals surface area (Å²) in [7, 11) is 0. The molecule has 3 nitrogen and oxygen atoms in total. The van der Waals surface area contributed by atoms with Crippen molar-refractivity contribution in [2.45, 2.75) is 6.54 Å². The van der Waals surface area contributed by atoms with Crippen LogP contribution in [0, 0.1) is 5.82 Å². The molecule has 0 aliphatic heterocycles. The molecule has 0 radical (unpaired) electrons. The molecule has 16 heavy (non-hydrogen) atoms. The highest BCUT2D eigenvalue weighted by Gasteiger charge is 2.07. The Kier molecular flexibility index (Phi) is 3.12. The van der Waals surface area contributed by atoms with Gasteiger partial charge in [-0.2, -0.15) is 0 Å². The Morgan fingerprint density at radius 1 is 1.31 bits per heavy atom. The summed E-state index contributed by atoms with van der Waals surface area (Å²) >= 11 is 5.91. The normalized spacial score (nSPS) is 10.4. The molecule has 0 aliphatic rings. The minimum Gasteiger partial charge on any atom is -0.325 e. The minimum absolute atomic E-state index is 0.286. The molecule has 2 N–H and O–H groups in total. The van der Waals surface area contributed by atoms with Gasteiger partial charge >= 0.3 is 0 Å². The lowest BCUT2D eigenvalue weighted by atomic mass is 10.2. The molecule has 0 aliphatic carbocycles. The van der Waals surface area contributed by atoms with Crippen molar-refractivity contribution in [3.8, 4) is 11.4 Å². The van der Waals surface area contributed by atoms with Gasteiger partial charge in [0.05, 0.1) is 10.7 Å². The van der Waals surface area contributed by atoms with Gasteiger partial charge in [-0.05, 0) is 24.3 Å². The summed E-state index contributed by atoms with van der Waals surface area (Å²) in [5.74, 6) is 0.0664. The van der Waals surface area contributed by atoms with Crippen molar-refractivity contribution >= 4 is 11.6 Å². The average Bonchev–Trinajstić information content (AvgIpc) is 2.29. The molecule has 0 unspecified atom stereocenters. The van der Waals surface area contributed by atoms with E-state index in [1.807, 2.05) is 0 Å². The van der Waals surface area contributed by atoms with E-state index in [9.17, 15) is 4.39 Å². The molecular weight excluding hydrogens is 229 g/mol. The lowest BCUT2D eigenvalue weighted by molar-refractivity contribution is 0.628. The predicted molar refractivity (Wildman–Crippen MR) is 60.3 cm³/mol. The van der Waals surface area contributed by atoms with Crippen LogP contribution >= 0.6 is 11.6 Å². The number of rotatable bonds is 2. The van der Waals surface area contributed by atoms with Crippen molar-refractivity contribution in [1.82, 2.24) is 9.97 Å². The Morgan fingerprint density at radius 2 is 2.12 bits per heavy atom. The van der Waals surface area contributed by atoms with Gasteiger partial charge in [0, 0.05) is 18.3 Å². The van der Waals surface area contributed by atoms with Crippen LogP contribution in [0.15, 0.2) is 30.5 Å². The first-order chi connectivity index (χ1) is 7.70. The summed E-state index contributed by atoms with van der Waals surface area (Å²) in [5, 5.41) is 0.286. The van der Waals surface area contributed by atoms with Crippen LogP contribution in [0.4, 0.5) is 4.39 Å². The Morgan fingerprint density at radius 3 is 2.81 bits per heavy atom. The van der Waals surface area contributed by atoms with Crippen LogP contribution in [0.1, 0.15) is 5.69 Å². The van der Waals surface area contributed by atoms with Gasteiger partial charge in [-0.3, -0.25) is 0 Å². The van der Waals surface area contributed by atoms with E-state index < -0.39 is 0 Å². The van der Waals surface area contributed by atoms with E-state index in [1.54, 1.807) is 18.3 Å². The van der Waals surface area contributed by atoms with Crippen LogP contribution in [0.5, 0.6) is 0 Å². The highest BCUT2D eigenvalue weighted by atomic mass is 35.5. The molecule has 1 aromatic heterocycles. The Hall–Kier alpha value is -1.52. The van der Waals surface area contributed by atoms with Gasteiger partial charge in [-0.15, -0.1) is 0 Å². The standard InChI is InChI=1S/C11H9ClFN3/c12-10-5-7(13)1-2-9(10)11-15-4-3-8(6-14)16-11/h1-5H,6,14H2. The third kappa shape index (κ3) is 2.18. The first kappa shape index (κ1) is 11.0. The molecular formula is C11H9ClFN3. The number of nitrogens with two attached hydrogens (primary N) is 1. The second kappa shape index (κ2) is 4.55. The van der Waals surface area contributed by atoms with Gasteiger partial charge in [0.1, 0.15) is 5.82 Å². The number of nitrogens with zero attached hydrogens (tertiary/aromatic N) is 2. The Bertz CT molecular complexity index is 516. The van der Waals surface area contributed by atoms with Crippen molar-refractivity contribution in [2.75, 3.05) is 0 Å². The number of hydrogen-bond donors (Lipinski definition) is 1. The maximum absolute atomic E-state index is 12.9. The zero-order chi connectivity index (χ0) is 11.5. The number of halogens is 2. The predicted octanol–water partition coefficient (Wildman–Crippen LogP) is 2.39. The topological polar surface area (TPSA) is 51.8 Å². The first-order valence-electron chi connectivity index (χ1n) is 4.68. The van der Waals surface area contributed by atoms with E-state index in [4.69, 9.17) is 17.3 Å². The number of benzene rings is 1. The average molecular weight is 238 g/mol. The summed E-state index contributed by atoms with van der Waals surface area (Å²) < 4.78 is 12.9. The van der Waals surface area contributed by atoms with Gasteiger partial charge in [-0.1, -0.05) is 11.6 Å². The van der Waals surface area contributed by atoms with Crippen LogP contribution < -0.4 is 5.73 Å². The molecule has 0 spiro atoms. The van der Waals surface area contributed by atoms with E-state index in [0.717, 1.165) is 0 Å². The highest BCUT2D eigenvalue weighted by molar-refractivity contribution is 6.33. The molecule has 0 amide bonds. The molecule has 2 rings (SSSR count). The maximum atomic E-state index is 12.9. The molecule has 1 aromatic carbocycles. The van der Waals surface area contributed by atoms with Crippen LogP contribution in [-0.2, 0) is 6.54 Å². The molecule has 1 heterocycles. The van der Waals surface area contributed by atoms with Crippen molar-refractivity contribution < 1.29 is 4.39 Å². The first-order valence-corrected chi connectivity index (χ1v) is 5.06. The molecule has 5 heteroatoms. The van der Waals surface area contributed by atoms with E-state index in [0.29, 0.717) is 23.6 Å². The van der Waals surface area contributed by atoms with Gasteiger partial charge in [0.2, 0.25) is 0 Å². The highest BCUT2D eigenvalue weighted by Crippen LogP contribution is 2.25. The smallest absolute Gasteiger partial charge is 0.160 e. The zero-order valence-electron chi connectivity index (χ0n) is 8.32. The summed E-state index contributed by atoms with van der Waals surface area (Å²) in [4.78, 5) is 8.28. The van der Waals surface area contributed by atoms with Crippen molar-refractivity contribution in [3.63, 3.8) is 0 Å². The fraction of sp³-hybridized carbons (Fsp3) is 0.0909. The fourth-order valence-electron chi connectivity index (χ4n) is 1.31. The molecule has 0 fully saturated rings. The molecule has 0 saturated heterocycles. The Labute approximate surface area is 97.1 Å². The fourth-order valence-corrected chi connectivity index (χ4v) is 1.56. The summed E-state index contributed by atoms with van der Waals surface area (Å²) in [6.45, 7) is 0.328. The van der Waals surface area contributed by atoms with Gasteiger partial charge in [0.25, 0.3) is 0 Å². The SMILES string of the molecule is NCc1ccnc(-c2ccc(F)cc2Cl)n1. The number of aromatic nitrogens is 2. The molecule has 0 atom stereocenters. The van der Waals surface area contributed by atoms with E-state index in [2.05, 4.69) is 9.97 Å². The number of hydrogen-bond acceptors (Lipinski definition) is 3. The van der Waals surface area contributed by atoms with Crippen LogP contribution in [0.25, 0.3) is 11.4 Å². The van der Waals surface area contributed by atoms with E-state index in [-0.39, 0.29) is 10.8 Å². The van der Waals surface area contributed by atoms with Crippen LogP contribution in [0.3, 0.4) is 0 Å². The van der Waals surface area contributed by atoms with E-state index >= 15 is 0 Å².